The SMILES string of the molecule is CC(C)(C)c1ccc(C(C)(C)C)c(-c2ccc(-c3cc(C(C)(C)C)ccc3C(C)(C)C)c(N3c4cc(-n5c6ccccc6c6ccccc65)ccc4B4c5ccc(-n6c7ccccc7c7ccccc76)cc5N(c5cc(-c6cc(C(C)(C)C)ccc6C(C)(C)C)ccc5-c5cc(C(C)(C)C)ccc5C(C)(C)C)c5cc(C(C)(C)C)cc3c54)c2)c1. The number of aromatic nitrogens is 2. The summed E-state index contributed by atoms with van der Waals surface area (Å²) in [5, 5.41) is 4.94. The third-order valence-electron chi connectivity index (χ3n) is 26.0. The molecular weight excluding hydrogens is 1440 g/mol. The highest BCUT2D eigenvalue weighted by Crippen LogP contribution is 2.55. The molecule has 4 heterocycles. The van der Waals surface area contributed by atoms with Crippen LogP contribution in [-0.2, 0) is 48.7 Å². The first-order valence-corrected chi connectivity index (χ1v) is 43.7. The molecule has 0 atom stereocenters. The number of fused-ring (bicyclic) bond motifs is 10. The highest BCUT2D eigenvalue weighted by molar-refractivity contribution is 7.00. The first-order valence-electron chi connectivity index (χ1n) is 43.7. The third-order valence-corrected chi connectivity index (χ3v) is 26.0. The van der Waals surface area contributed by atoms with Gasteiger partial charge in [0.25, 0.3) is 6.71 Å². The number of nitrogens with zero attached hydrogens (tertiary/aromatic N) is 4. The number of rotatable bonds is 8. The maximum Gasteiger partial charge on any atom is 0.252 e. The van der Waals surface area contributed by atoms with Crippen molar-refractivity contribution in [3.63, 3.8) is 0 Å². The largest absolute Gasteiger partial charge is 0.311 e. The molecule has 5 heteroatoms. The summed E-state index contributed by atoms with van der Waals surface area (Å²) in [7, 11) is 0. The van der Waals surface area contributed by atoms with E-state index in [2.05, 4.69) is 461 Å². The molecule has 13 aromatic carbocycles. The lowest BCUT2D eigenvalue weighted by Gasteiger charge is -2.46. The van der Waals surface area contributed by atoms with E-state index in [1.807, 2.05) is 0 Å². The Morgan fingerprint density at radius 2 is 0.479 bits per heavy atom. The Morgan fingerprint density at radius 3 is 0.765 bits per heavy atom. The Morgan fingerprint density at radius 1 is 0.202 bits per heavy atom. The summed E-state index contributed by atoms with van der Waals surface area (Å²) < 4.78 is 5.08. The molecule has 0 spiro atoms. The summed E-state index contributed by atoms with van der Waals surface area (Å²) >= 11 is 0. The van der Waals surface area contributed by atoms with Crippen molar-refractivity contribution < 1.29 is 0 Å². The predicted molar refractivity (Wildman–Crippen MR) is 519 cm³/mol. The molecule has 602 valence electrons. The number of anilines is 6. The van der Waals surface area contributed by atoms with Crippen LogP contribution in [0.25, 0.3) is 99.5 Å². The molecule has 0 bridgehead atoms. The minimum absolute atomic E-state index is 0.111. The standard InChI is InChI=1S/C114H123BN4/c1-106(2,3)72-46-54-89(111(16,17)18)85(62-72)70-44-52-83(87-64-74(108(7,8)9)48-56-91(87)113(22,23)24)99(60-70)118-101-68-77(116-95-40-32-28-36-79(95)80-37-29-33-41-96(80)116)50-58-93(101)115-94-59-51-78(117-97-42-34-30-38-81(97)82-39-31-35-43-98(82)117)69-102(94)119(104-67-76(110(13,14)15)66-103(118)105(104)115)100-61-71(86-63-73(107(4,5)6)47-55-90(86)112(19,20)21)45-53-84(100)88-65-75(109(10,11)12)49-57-92(88)114(25,26)27/h28-69H,1-27H3. The molecule has 2 aliphatic heterocycles. The summed E-state index contributed by atoms with van der Waals surface area (Å²) in [6.45, 7) is 64.2. The molecule has 0 saturated carbocycles. The average molecular weight is 1560 g/mol. The van der Waals surface area contributed by atoms with Gasteiger partial charge in [-0.25, -0.2) is 0 Å². The van der Waals surface area contributed by atoms with Gasteiger partial charge in [-0.05, 0) is 221 Å². The van der Waals surface area contributed by atoms with Crippen LogP contribution in [0.4, 0.5) is 34.1 Å². The summed E-state index contributed by atoms with van der Waals surface area (Å²) in [5.74, 6) is 0. The summed E-state index contributed by atoms with van der Waals surface area (Å²) in [6, 6.07) is 101. The first kappa shape index (κ1) is 80.5. The molecule has 0 fully saturated rings. The first-order chi connectivity index (χ1) is 55.7. The van der Waals surface area contributed by atoms with Crippen LogP contribution in [0, 0.1) is 0 Å². The van der Waals surface area contributed by atoms with Gasteiger partial charge in [-0.3, -0.25) is 0 Å². The van der Waals surface area contributed by atoms with E-state index in [4.69, 9.17) is 0 Å². The van der Waals surface area contributed by atoms with Crippen LogP contribution >= 0.6 is 0 Å². The summed E-state index contributed by atoms with van der Waals surface area (Å²) in [5.41, 5.74) is 37.4. The molecule has 4 nitrogen and oxygen atoms in total. The van der Waals surface area contributed by atoms with Crippen LogP contribution in [0.3, 0.4) is 0 Å². The topological polar surface area (TPSA) is 16.3 Å². The molecule has 2 aliphatic rings. The number of hydrogen-bond acceptors (Lipinski definition) is 2. The lowest BCUT2D eigenvalue weighted by Crippen LogP contribution is -2.61. The monoisotopic (exact) mass is 1560 g/mol. The summed E-state index contributed by atoms with van der Waals surface area (Å²) in [4.78, 5) is 5.59. The van der Waals surface area contributed by atoms with Crippen molar-refractivity contribution in [1.29, 1.82) is 0 Å². The van der Waals surface area contributed by atoms with Gasteiger partial charge < -0.3 is 18.9 Å². The minimum Gasteiger partial charge on any atom is -0.311 e. The van der Waals surface area contributed by atoms with Crippen LogP contribution in [0.1, 0.15) is 237 Å². The van der Waals surface area contributed by atoms with Crippen molar-refractivity contribution in [3.8, 4) is 55.9 Å². The Hall–Kier alpha value is -10.9. The normalized spacial score (nSPS) is 13.8. The van der Waals surface area contributed by atoms with E-state index < -0.39 is 0 Å². The van der Waals surface area contributed by atoms with Gasteiger partial charge in [0.1, 0.15) is 0 Å². The zero-order chi connectivity index (χ0) is 84.9. The van der Waals surface area contributed by atoms with Crippen molar-refractivity contribution in [1.82, 2.24) is 9.13 Å². The highest BCUT2D eigenvalue weighted by Gasteiger charge is 2.47. The van der Waals surface area contributed by atoms with E-state index in [0.717, 1.165) is 34.1 Å². The average Bonchev–Trinajstić information content (AvgIpc) is 0.734. The zero-order valence-corrected chi connectivity index (χ0v) is 76.1. The van der Waals surface area contributed by atoms with E-state index in [0.29, 0.717) is 0 Å². The van der Waals surface area contributed by atoms with Crippen LogP contribution in [0.15, 0.2) is 255 Å². The van der Waals surface area contributed by atoms with E-state index in [1.165, 1.54) is 166 Å². The molecule has 15 aromatic rings. The van der Waals surface area contributed by atoms with E-state index in [9.17, 15) is 0 Å². The van der Waals surface area contributed by atoms with E-state index in [1.54, 1.807) is 0 Å². The van der Waals surface area contributed by atoms with Gasteiger partial charge in [-0.2, -0.15) is 0 Å². The highest BCUT2D eigenvalue weighted by atomic mass is 15.2. The van der Waals surface area contributed by atoms with Crippen LogP contribution in [-0.4, -0.2) is 15.8 Å². The second kappa shape index (κ2) is 27.9. The van der Waals surface area contributed by atoms with Gasteiger partial charge >= 0.3 is 0 Å². The van der Waals surface area contributed by atoms with Gasteiger partial charge in [-0.1, -0.05) is 369 Å². The predicted octanol–water partition coefficient (Wildman–Crippen LogP) is 30.3. The fraction of sp³-hybridized carbons (Fsp3) is 0.316. The Balaban J connectivity index is 1.09. The Bertz CT molecular complexity index is 6120. The molecule has 0 radical (unpaired) electrons. The molecule has 119 heavy (non-hydrogen) atoms. The van der Waals surface area contributed by atoms with Crippen molar-refractivity contribution in [2.45, 2.75) is 236 Å². The lowest BCUT2D eigenvalue weighted by atomic mass is 9.33. The van der Waals surface area contributed by atoms with Crippen LogP contribution < -0.4 is 26.2 Å². The van der Waals surface area contributed by atoms with Crippen LogP contribution in [0.2, 0.25) is 0 Å². The Labute approximate surface area is 711 Å². The van der Waals surface area contributed by atoms with Crippen LogP contribution in [0.5, 0.6) is 0 Å². The smallest absolute Gasteiger partial charge is 0.252 e. The van der Waals surface area contributed by atoms with Gasteiger partial charge in [0.15, 0.2) is 0 Å². The van der Waals surface area contributed by atoms with Crippen molar-refractivity contribution in [3.05, 3.63) is 305 Å². The molecule has 0 N–H and O–H groups in total. The fourth-order valence-electron chi connectivity index (χ4n) is 19.4. The van der Waals surface area contributed by atoms with Gasteiger partial charge in [0, 0.05) is 66.8 Å². The molecular formula is C114H123BN4. The van der Waals surface area contributed by atoms with Gasteiger partial charge in [0.2, 0.25) is 0 Å². The van der Waals surface area contributed by atoms with Gasteiger partial charge in [-0.15, -0.1) is 0 Å². The Kier molecular flexibility index (Phi) is 18.9. The van der Waals surface area contributed by atoms with Crippen molar-refractivity contribution >= 4 is 101 Å². The molecule has 0 saturated heterocycles. The second-order valence-corrected chi connectivity index (χ2v) is 44.0. The van der Waals surface area contributed by atoms with E-state index >= 15 is 0 Å². The molecule has 0 aliphatic carbocycles. The number of hydrogen-bond donors (Lipinski definition) is 0. The fourth-order valence-corrected chi connectivity index (χ4v) is 19.4. The number of benzene rings is 13. The molecule has 17 rings (SSSR count). The second-order valence-electron chi connectivity index (χ2n) is 44.0. The quantitative estimate of drug-likeness (QED) is 0.141. The molecule has 0 unspecified atom stereocenters. The maximum absolute atomic E-state index is 2.79. The third kappa shape index (κ3) is 14.0. The number of para-hydroxylation sites is 4. The lowest BCUT2D eigenvalue weighted by molar-refractivity contribution is 0.578. The summed E-state index contributed by atoms with van der Waals surface area (Å²) in [6.07, 6.45) is 0. The van der Waals surface area contributed by atoms with E-state index in [-0.39, 0.29) is 55.4 Å². The molecule has 2 aromatic heterocycles. The van der Waals surface area contributed by atoms with Crippen molar-refractivity contribution in [2.24, 2.45) is 0 Å². The van der Waals surface area contributed by atoms with Crippen molar-refractivity contribution in [2.75, 3.05) is 9.80 Å². The molecule has 0 amide bonds. The zero-order valence-electron chi connectivity index (χ0n) is 76.1. The maximum atomic E-state index is 2.79. The minimum atomic E-state index is -0.366. The van der Waals surface area contributed by atoms with Gasteiger partial charge in [0.05, 0.1) is 33.4 Å².